The lowest BCUT2D eigenvalue weighted by Gasteiger charge is -2.57. The molecule has 0 unspecified atom stereocenters. The van der Waals surface area contributed by atoms with Crippen molar-refractivity contribution in [2.75, 3.05) is 33.0 Å². The SMILES string of the molecule is Cc1nc(CN2C[C@H]3COCC[C@@]3(O)[C@@H]3COCC[C@@H]32)cc(=O)[nH]1. The maximum Gasteiger partial charge on any atom is 0.251 e. The van der Waals surface area contributed by atoms with Crippen LogP contribution in [0.2, 0.25) is 0 Å². The van der Waals surface area contributed by atoms with Crippen molar-refractivity contribution in [3.63, 3.8) is 0 Å². The molecule has 3 saturated heterocycles. The van der Waals surface area contributed by atoms with Gasteiger partial charge in [0, 0.05) is 56.7 Å². The van der Waals surface area contributed by atoms with Crippen LogP contribution in [0.25, 0.3) is 0 Å². The van der Waals surface area contributed by atoms with Gasteiger partial charge in [-0.25, -0.2) is 4.98 Å². The number of nitrogens with one attached hydrogen (secondary N) is 1. The summed E-state index contributed by atoms with van der Waals surface area (Å²) in [4.78, 5) is 21.2. The minimum absolute atomic E-state index is 0.0808. The summed E-state index contributed by atoms with van der Waals surface area (Å²) in [6, 6.07) is 1.83. The maximum atomic E-state index is 11.7. The highest BCUT2D eigenvalue weighted by molar-refractivity contribution is 5.09. The number of hydrogen-bond acceptors (Lipinski definition) is 6. The molecule has 7 heteroatoms. The fraction of sp³-hybridized carbons (Fsp3) is 0.765. The van der Waals surface area contributed by atoms with E-state index in [0.717, 1.165) is 25.3 Å². The molecule has 0 aliphatic carbocycles. The van der Waals surface area contributed by atoms with Crippen molar-refractivity contribution in [3.8, 4) is 0 Å². The first kappa shape index (κ1) is 16.2. The number of aromatic amines is 1. The van der Waals surface area contributed by atoms with Crippen LogP contribution in [0, 0.1) is 18.8 Å². The van der Waals surface area contributed by atoms with Gasteiger partial charge < -0.3 is 19.6 Å². The van der Waals surface area contributed by atoms with Gasteiger partial charge in [0.25, 0.3) is 5.56 Å². The lowest BCUT2D eigenvalue weighted by molar-refractivity contribution is -0.221. The van der Waals surface area contributed by atoms with E-state index in [1.165, 1.54) is 0 Å². The minimum Gasteiger partial charge on any atom is -0.389 e. The molecule has 4 atom stereocenters. The molecule has 132 valence electrons. The Kier molecular flexibility index (Phi) is 4.20. The average molecular weight is 335 g/mol. The number of piperidine rings is 1. The minimum atomic E-state index is -0.697. The summed E-state index contributed by atoms with van der Waals surface area (Å²) >= 11 is 0. The number of fused-ring (bicyclic) bond motifs is 3. The summed E-state index contributed by atoms with van der Waals surface area (Å²) in [5.74, 6) is 0.810. The quantitative estimate of drug-likeness (QED) is 0.795. The van der Waals surface area contributed by atoms with Crippen molar-refractivity contribution in [1.82, 2.24) is 14.9 Å². The van der Waals surface area contributed by atoms with Crippen molar-refractivity contribution in [1.29, 1.82) is 0 Å². The van der Waals surface area contributed by atoms with Gasteiger partial charge in [-0.05, 0) is 13.3 Å². The van der Waals surface area contributed by atoms with Crippen molar-refractivity contribution >= 4 is 0 Å². The van der Waals surface area contributed by atoms with Crippen molar-refractivity contribution < 1.29 is 14.6 Å². The number of aromatic nitrogens is 2. The lowest BCUT2D eigenvalue weighted by atomic mass is 9.66. The van der Waals surface area contributed by atoms with Gasteiger partial charge in [0.15, 0.2) is 0 Å². The Morgan fingerprint density at radius 1 is 1.42 bits per heavy atom. The average Bonchev–Trinajstić information content (AvgIpc) is 2.55. The van der Waals surface area contributed by atoms with Gasteiger partial charge in [-0.3, -0.25) is 9.69 Å². The molecular formula is C17H25N3O4. The van der Waals surface area contributed by atoms with Crippen molar-refractivity contribution in [3.05, 3.63) is 27.9 Å². The zero-order chi connectivity index (χ0) is 16.7. The monoisotopic (exact) mass is 335 g/mol. The Hall–Kier alpha value is -1.28. The zero-order valence-electron chi connectivity index (χ0n) is 14.0. The van der Waals surface area contributed by atoms with Crippen LogP contribution in [0.15, 0.2) is 10.9 Å². The molecule has 3 aliphatic heterocycles. The Labute approximate surface area is 141 Å². The number of aryl methyl sites for hydroxylation is 1. The summed E-state index contributed by atoms with van der Waals surface area (Å²) in [6.45, 7) is 5.70. The van der Waals surface area contributed by atoms with Gasteiger partial charge in [0.2, 0.25) is 0 Å². The Morgan fingerprint density at radius 3 is 3.08 bits per heavy atom. The largest absolute Gasteiger partial charge is 0.389 e. The molecule has 3 fully saturated rings. The van der Waals surface area contributed by atoms with Crippen molar-refractivity contribution in [2.24, 2.45) is 11.8 Å². The summed E-state index contributed by atoms with van der Waals surface area (Å²) in [5.41, 5.74) is -0.0312. The second kappa shape index (κ2) is 6.22. The Bertz CT molecular complexity index is 663. The number of H-pyrrole nitrogens is 1. The van der Waals surface area contributed by atoms with E-state index in [0.29, 0.717) is 38.6 Å². The second-order valence-electron chi connectivity index (χ2n) is 7.30. The van der Waals surface area contributed by atoms with Gasteiger partial charge >= 0.3 is 0 Å². The van der Waals surface area contributed by atoms with Crippen LogP contribution in [0.5, 0.6) is 0 Å². The van der Waals surface area contributed by atoms with Crippen LogP contribution < -0.4 is 5.56 Å². The molecule has 1 aromatic rings. The fourth-order valence-corrected chi connectivity index (χ4v) is 4.68. The summed E-state index contributed by atoms with van der Waals surface area (Å²) in [7, 11) is 0. The normalized spacial score (nSPS) is 36.8. The van der Waals surface area contributed by atoms with E-state index in [-0.39, 0.29) is 23.4 Å². The predicted octanol–water partition coefficient (Wildman–Crippen LogP) is 0.0666. The molecule has 0 bridgehead atoms. The van der Waals surface area contributed by atoms with Crippen LogP contribution >= 0.6 is 0 Å². The summed E-state index contributed by atoms with van der Waals surface area (Å²) in [6.07, 6.45) is 1.58. The van der Waals surface area contributed by atoms with E-state index in [2.05, 4.69) is 14.9 Å². The van der Waals surface area contributed by atoms with Gasteiger partial charge in [0.05, 0.1) is 24.5 Å². The standard InChI is InChI=1S/C17H25N3O4/c1-11-18-13(6-16(21)19-11)8-20-7-12-9-24-5-3-17(12,22)14-10-23-4-2-15(14)20/h6,12,14-15,22H,2-5,7-10H2,1H3,(H,18,19,21)/t12-,14+,15-,17-/m0/s1. The van der Waals surface area contributed by atoms with Crippen LogP contribution in [0.1, 0.15) is 24.4 Å². The second-order valence-corrected chi connectivity index (χ2v) is 7.30. The van der Waals surface area contributed by atoms with Crippen LogP contribution in [0.3, 0.4) is 0 Å². The summed E-state index contributed by atoms with van der Waals surface area (Å²) in [5, 5.41) is 11.3. The van der Waals surface area contributed by atoms with Gasteiger partial charge in [-0.2, -0.15) is 0 Å². The highest BCUT2D eigenvalue weighted by atomic mass is 16.5. The molecule has 1 aromatic heterocycles. The molecule has 2 N–H and O–H groups in total. The summed E-state index contributed by atoms with van der Waals surface area (Å²) < 4.78 is 11.3. The molecule has 0 amide bonds. The van der Waals surface area contributed by atoms with E-state index in [4.69, 9.17) is 9.47 Å². The molecule has 0 radical (unpaired) electrons. The maximum absolute atomic E-state index is 11.7. The van der Waals surface area contributed by atoms with Gasteiger partial charge in [-0.15, -0.1) is 0 Å². The Balaban J connectivity index is 1.61. The number of likely N-dealkylation sites (tertiary alicyclic amines) is 1. The Morgan fingerprint density at radius 2 is 2.25 bits per heavy atom. The molecule has 3 aliphatic rings. The molecule has 4 heterocycles. The molecule has 24 heavy (non-hydrogen) atoms. The van der Waals surface area contributed by atoms with Crippen LogP contribution in [-0.2, 0) is 16.0 Å². The van der Waals surface area contributed by atoms with E-state index in [9.17, 15) is 9.90 Å². The smallest absolute Gasteiger partial charge is 0.251 e. The molecule has 0 aromatic carbocycles. The number of rotatable bonds is 2. The third kappa shape index (κ3) is 2.79. The van der Waals surface area contributed by atoms with E-state index in [1.54, 1.807) is 13.0 Å². The first-order valence-electron chi connectivity index (χ1n) is 8.75. The lowest BCUT2D eigenvalue weighted by Crippen LogP contribution is -2.67. The number of ether oxygens (including phenoxy) is 2. The zero-order valence-corrected chi connectivity index (χ0v) is 14.0. The number of aliphatic hydroxyl groups is 1. The molecule has 4 rings (SSSR count). The van der Waals surface area contributed by atoms with Crippen molar-refractivity contribution in [2.45, 2.75) is 38.0 Å². The predicted molar refractivity (Wildman–Crippen MR) is 86.6 cm³/mol. The topological polar surface area (TPSA) is 87.7 Å². The van der Waals surface area contributed by atoms with E-state index in [1.807, 2.05) is 0 Å². The first-order valence-corrected chi connectivity index (χ1v) is 8.75. The van der Waals surface area contributed by atoms with Gasteiger partial charge in [0.1, 0.15) is 5.82 Å². The highest BCUT2D eigenvalue weighted by Gasteiger charge is 2.55. The number of hydrogen-bond donors (Lipinski definition) is 2. The van der Waals surface area contributed by atoms with Crippen LogP contribution in [0.4, 0.5) is 0 Å². The van der Waals surface area contributed by atoms with E-state index < -0.39 is 5.60 Å². The fourth-order valence-electron chi connectivity index (χ4n) is 4.68. The molecule has 7 nitrogen and oxygen atoms in total. The van der Waals surface area contributed by atoms with E-state index >= 15 is 0 Å². The molecular weight excluding hydrogens is 310 g/mol. The number of nitrogens with zero attached hydrogens (tertiary/aromatic N) is 2. The van der Waals surface area contributed by atoms with Crippen LogP contribution in [-0.4, -0.2) is 64.6 Å². The molecule has 0 spiro atoms. The highest BCUT2D eigenvalue weighted by Crippen LogP contribution is 2.44. The first-order chi connectivity index (χ1) is 11.6. The van der Waals surface area contributed by atoms with Gasteiger partial charge in [-0.1, -0.05) is 0 Å². The third-order valence-corrected chi connectivity index (χ3v) is 5.84. The molecule has 0 saturated carbocycles. The third-order valence-electron chi connectivity index (χ3n) is 5.84.